The fourth-order valence-electron chi connectivity index (χ4n) is 3.68. The van der Waals surface area contributed by atoms with Gasteiger partial charge >= 0.3 is 5.69 Å². The minimum Gasteiger partial charge on any atom is -0.373 e. The van der Waals surface area contributed by atoms with Crippen LogP contribution in [0.1, 0.15) is 17.3 Å². The van der Waals surface area contributed by atoms with Crippen molar-refractivity contribution in [2.24, 2.45) is 0 Å². The Morgan fingerprint density at radius 2 is 2.16 bits per heavy atom. The van der Waals surface area contributed by atoms with Gasteiger partial charge in [0, 0.05) is 31.7 Å². The number of aromatic amines is 1. The van der Waals surface area contributed by atoms with Gasteiger partial charge in [0.2, 0.25) is 0 Å². The average molecular weight is 344 g/mol. The lowest BCUT2D eigenvalue weighted by Gasteiger charge is -2.37. The van der Waals surface area contributed by atoms with Gasteiger partial charge in [-0.3, -0.25) is 14.2 Å². The van der Waals surface area contributed by atoms with Gasteiger partial charge in [0.15, 0.2) is 0 Å². The lowest BCUT2D eigenvalue weighted by atomic mass is 10.1. The Labute approximate surface area is 143 Å². The second-order valence-electron chi connectivity index (χ2n) is 6.37. The van der Waals surface area contributed by atoms with Crippen molar-refractivity contribution in [2.45, 2.75) is 25.6 Å². The maximum atomic E-state index is 12.9. The molecule has 1 aromatic heterocycles. The number of carbonyl (C=O) groups excluding carboxylic acids is 1. The highest BCUT2D eigenvalue weighted by Gasteiger charge is 2.38. The second kappa shape index (κ2) is 6.12. The van der Waals surface area contributed by atoms with Crippen LogP contribution < -0.4 is 16.6 Å². The van der Waals surface area contributed by atoms with Crippen molar-refractivity contribution >= 4 is 16.8 Å². The molecular weight excluding hydrogens is 324 g/mol. The molecule has 2 aliphatic rings. The van der Waals surface area contributed by atoms with Gasteiger partial charge in [0.1, 0.15) is 0 Å². The molecule has 2 saturated heterocycles. The summed E-state index contributed by atoms with van der Waals surface area (Å²) in [5, 5.41) is 3.65. The smallest absolute Gasteiger partial charge is 0.328 e. The SMILES string of the molecule is CCn1c(=O)[nH]c2cc(C(=O)N3CCO[C@H]4CNC[C@H]43)ccc2c1=O. The summed E-state index contributed by atoms with van der Waals surface area (Å²) in [6, 6.07) is 4.87. The number of rotatable bonds is 2. The third-order valence-corrected chi connectivity index (χ3v) is 5.00. The van der Waals surface area contributed by atoms with Gasteiger partial charge in [-0.05, 0) is 25.1 Å². The fourth-order valence-corrected chi connectivity index (χ4v) is 3.68. The molecule has 132 valence electrons. The second-order valence-corrected chi connectivity index (χ2v) is 6.37. The monoisotopic (exact) mass is 344 g/mol. The first-order valence-corrected chi connectivity index (χ1v) is 8.50. The van der Waals surface area contributed by atoms with Crippen LogP contribution >= 0.6 is 0 Å². The average Bonchev–Trinajstić information content (AvgIpc) is 3.09. The Balaban J connectivity index is 1.73. The molecule has 8 nitrogen and oxygen atoms in total. The van der Waals surface area contributed by atoms with E-state index in [1.807, 2.05) is 4.90 Å². The van der Waals surface area contributed by atoms with Crippen LogP contribution in [-0.2, 0) is 11.3 Å². The van der Waals surface area contributed by atoms with Crippen molar-refractivity contribution in [3.63, 3.8) is 0 Å². The Bertz CT molecular complexity index is 948. The number of ether oxygens (including phenoxy) is 1. The Morgan fingerprint density at radius 3 is 2.96 bits per heavy atom. The van der Waals surface area contributed by atoms with Crippen molar-refractivity contribution < 1.29 is 9.53 Å². The number of nitrogens with one attached hydrogen (secondary N) is 2. The molecule has 0 aliphatic carbocycles. The zero-order chi connectivity index (χ0) is 17.6. The molecule has 2 fully saturated rings. The summed E-state index contributed by atoms with van der Waals surface area (Å²) in [7, 11) is 0. The fraction of sp³-hybridized carbons (Fsp3) is 0.471. The summed E-state index contributed by atoms with van der Waals surface area (Å²) < 4.78 is 6.84. The molecule has 2 aliphatic heterocycles. The maximum absolute atomic E-state index is 12.9. The van der Waals surface area contributed by atoms with Crippen LogP contribution in [0.2, 0.25) is 0 Å². The summed E-state index contributed by atoms with van der Waals surface area (Å²) in [6.07, 6.45) is 0.0229. The third-order valence-electron chi connectivity index (χ3n) is 5.00. The zero-order valence-corrected chi connectivity index (χ0v) is 13.9. The van der Waals surface area contributed by atoms with Gasteiger partial charge in [0.05, 0.1) is 29.7 Å². The predicted molar refractivity (Wildman–Crippen MR) is 91.9 cm³/mol. The highest BCUT2D eigenvalue weighted by atomic mass is 16.5. The summed E-state index contributed by atoms with van der Waals surface area (Å²) >= 11 is 0. The van der Waals surface area contributed by atoms with Crippen LogP contribution in [0.4, 0.5) is 0 Å². The Hall–Kier alpha value is -2.45. The number of nitrogens with zero attached hydrogens (tertiary/aromatic N) is 2. The molecule has 0 spiro atoms. The van der Waals surface area contributed by atoms with Gasteiger partial charge in [-0.25, -0.2) is 4.79 Å². The Kier molecular flexibility index (Phi) is 3.93. The number of hydrogen-bond acceptors (Lipinski definition) is 5. The molecule has 2 atom stereocenters. The molecule has 25 heavy (non-hydrogen) atoms. The lowest BCUT2D eigenvalue weighted by Crippen LogP contribution is -2.53. The van der Waals surface area contributed by atoms with Crippen LogP contribution in [0, 0.1) is 0 Å². The van der Waals surface area contributed by atoms with Crippen LogP contribution in [0.3, 0.4) is 0 Å². The topological polar surface area (TPSA) is 96.4 Å². The number of aromatic nitrogens is 2. The molecule has 8 heteroatoms. The minimum atomic E-state index is -0.462. The zero-order valence-electron chi connectivity index (χ0n) is 13.9. The van der Waals surface area contributed by atoms with Gasteiger partial charge < -0.3 is 19.9 Å². The van der Waals surface area contributed by atoms with E-state index in [0.29, 0.717) is 42.7 Å². The van der Waals surface area contributed by atoms with Gasteiger partial charge in [-0.15, -0.1) is 0 Å². The summed E-state index contributed by atoms with van der Waals surface area (Å²) in [4.78, 5) is 41.8. The van der Waals surface area contributed by atoms with Crippen LogP contribution in [0.15, 0.2) is 27.8 Å². The predicted octanol–water partition coefficient (Wildman–Crippen LogP) is -0.477. The molecule has 1 aromatic carbocycles. The van der Waals surface area contributed by atoms with Gasteiger partial charge in [0.25, 0.3) is 11.5 Å². The van der Waals surface area contributed by atoms with Crippen LogP contribution in [0.5, 0.6) is 0 Å². The molecule has 4 rings (SSSR count). The first kappa shape index (κ1) is 16.0. The molecule has 1 amide bonds. The number of morpholine rings is 1. The van der Waals surface area contributed by atoms with E-state index < -0.39 is 5.69 Å². The van der Waals surface area contributed by atoms with E-state index in [0.717, 1.165) is 11.1 Å². The van der Waals surface area contributed by atoms with Crippen molar-refractivity contribution in [2.75, 3.05) is 26.2 Å². The van der Waals surface area contributed by atoms with E-state index >= 15 is 0 Å². The molecule has 0 bridgehead atoms. The van der Waals surface area contributed by atoms with Gasteiger partial charge in [-0.2, -0.15) is 0 Å². The van der Waals surface area contributed by atoms with Crippen molar-refractivity contribution in [1.29, 1.82) is 0 Å². The van der Waals surface area contributed by atoms with Crippen molar-refractivity contribution in [1.82, 2.24) is 19.8 Å². The number of hydrogen-bond donors (Lipinski definition) is 2. The standard InChI is InChI=1S/C17H20N4O4/c1-2-20-16(23)11-4-3-10(7-12(11)19-17(20)24)15(22)21-5-6-25-14-9-18-8-13(14)21/h3-4,7,13-14,18H,2,5-6,8-9H2,1H3,(H,19,24)/t13-,14+/m1/s1. The molecule has 3 heterocycles. The summed E-state index contributed by atoms with van der Waals surface area (Å²) in [6.45, 7) is 4.55. The van der Waals surface area contributed by atoms with E-state index in [9.17, 15) is 14.4 Å². The molecule has 2 N–H and O–H groups in total. The normalized spacial score (nSPS) is 23.0. The first-order chi connectivity index (χ1) is 12.1. The van der Waals surface area contributed by atoms with Crippen molar-refractivity contribution in [3.8, 4) is 0 Å². The molecule has 0 unspecified atom stereocenters. The first-order valence-electron chi connectivity index (χ1n) is 8.50. The molecule has 0 radical (unpaired) electrons. The van der Waals surface area contributed by atoms with E-state index in [2.05, 4.69) is 10.3 Å². The minimum absolute atomic E-state index is 0.0177. The maximum Gasteiger partial charge on any atom is 0.328 e. The molecule has 0 saturated carbocycles. The Morgan fingerprint density at radius 1 is 1.32 bits per heavy atom. The largest absolute Gasteiger partial charge is 0.373 e. The number of benzene rings is 1. The van der Waals surface area contributed by atoms with E-state index in [1.54, 1.807) is 25.1 Å². The van der Waals surface area contributed by atoms with Crippen molar-refractivity contribution in [3.05, 3.63) is 44.6 Å². The lowest BCUT2D eigenvalue weighted by molar-refractivity contribution is -0.0364. The number of H-pyrrole nitrogens is 1. The van der Waals surface area contributed by atoms with E-state index in [4.69, 9.17) is 4.74 Å². The summed E-state index contributed by atoms with van der Waals surface area (Å²) in [5.41, 5.74) is 0.0481. The van der Waals surface area contributed by atoms with E-state index in [1.165, 1.54) is 0 Å². The molecular formula is C17H20N4O4. The third kappa shape index (κ3) is 2.58. The number of fused-ring (bicyclic) bond motifs is 2. The highest BCUT2D eigenvalue weighted by molar-refractivity contribution is 5.98. The quantitative estimate of drug-likeness (QED) is 0.767. The number of carbonyl (C=O) groups is 1. The highest BCUT2D eigenvalue weighted by Crippen LogP contribution is 2.21. The molecule has 2 aromatic rings. The number of amides is 1. The van der Waals surface area contributed by atoms with E-state index in [-0.39, 0.29) is 23.6 Å². The van der Waals surface area contributed by atoms with Gasteiger partial charge in [-0.1, -0.05) is 0 Å². The van der Waals surface area contributed by atoms with Crippen LogP contribution in [0.25, 0.3) is 10.9 Å². The summed E-state index contributed by atoms with van der Waals surface area (Å²) in [5.74, 6) is -0.107. The van der Waals surface area contributed by atoms with Crippen LogP contribution in [-0.4, -0.2) is 58.7 Å².